The normalized spacial score (nSPS) is 17.6. The SMILES string of the molecule is CC1CC(N(C(=O)CN2C(=O)c3cccc4cccc(c34)C2=O)c2ccccc2)c2ccccc2N1C(=O)CN1C(=O)c2cccc3cccc(c23)C1=O. The molecule has 3 aliphatic rings. The van der Waals surface area contributed by atoms with Crippen LogP contribution in [0.5, 0.6) is 0 Å². The maximum Gasteiger partial charge on any atom is 0.261 e. The minimum Gasteiger partial charge on any atom is -0.308 e. The zero-order valence-electron chi connectivity index (χ0n) is 29.1. The minimum absolute atomic E-state index is 0.289. The maximum atomic E-state index is 14.6. The van der Waals surface area contributed by atoms with Gasteiger partial charge in [-0.3, -0.25) is 38.6 Å². The quantitative estimate of drug-likeness (QED) is 0.176. The average Bonchev–Trinajstić information content (AvgIpc) is 3.19. The standard InChI is InChI=1S/C44H32N4O6/c1-26-23-36(48(29-15-3-2-4-16-29)38(50)25-46-43(53)33-20-9-13-28-14-10-21-34(40(28)33)44(46)54)30-17-5-6-22-35(30)47(26)37(49)24-45-41(51)31-18-7-11-27-12-8-19-32(39(27)31)42(45)52/h2-22,26,36H,23-25H2,1H3. The Labute approximate surface area is 309 Å². The van der Waals surface area contributed by atoms with Gasteiger partial charge in [-0.15, -0.1) is 0 Å². The lowest BCUT2D eigenvalue weighted by atomic mass is 9.89. The van der Waals surface area contributed by atoms with E-state index in [4.69, 9.17) is 0 Å². The molecule has 3 aliphatic heterocycles. The number of hydrogen-bond acceptors (Lipinski definition) is 6. The van der Waals surface area contributed by atoms with Crippen molar-refractivity contribution in [3.63, 3.8) is 0 Å². The average molecular weight is 713 g/mol. The van der Waals surface area contributed by atoms with Crippen molar-refractivity contribution in [2.75, 3.05) is 22.9 Å². The lowest BCUT2D eigenvalue weighted by Crippen LogP contribution is -2.53. The summed E-state index contributed by atoms with van der Waals surface area (Å²) in [5.74, 6) is -3.07. The molecule has 0 N–H and O–H groups in total. The number of para-hydroxylation sites is 2. The smallest absolute Gasteiger partial charge is 0.261 e. The summed E-state index contributed by atoms with van der Waals surface area (Å²) in [5.41, 5.74) is 3.21. The third-order valence-electron chi connectivity index (χ3n) is 10.7. The van der Waals surface area contributed by atoms with E-state index in [0.29, 0.717) is 50.0 Å². The highest BCUT2D eigenvalue weighted by Gasteiger charge is 2.42. The number of amides is 6. The Morgan fingerprint density at radius 1 is 0.574 bits per heavy atom. The second-order valence-electron chi connectivity index (χ2n) is 13.8. The molecule has 264 valence electrons. The predicted molar refractivity (Wildman–Crippen MR) is 203 cm³/mol. The first kappa shape index (κ1) is 32.9. The summed E-state index contributed by atoms with van der Waals surface area (Å²) in [6, 6.07) is 36.3. The molecule has 6 aromatic carbocycles. The van der Waals surface area contributed by atoms with Crippen LogP contribution in [0.4, 0.5) is 11.4 Å². The van der Waals surface area contributed by atoms with Gasteiger partial charge in [0.1, 0.15) is 13.1 Å². The van der Waals surface area contributed by atoms with Crippen LogP contribution in [0, 0.1) is 0 Å². The van der Waals surface area contributed by atoms with Crippen LogP contribution in [0.2, 0.25) is 0 Å². The largest absolute Gasteiger partial charge is 0.308 e. The molecular formula is C44H32N4O6. The summed E-state index contributed by atoms with van der Waals surface area (Å²) in [6.45, 7) is 0.889. The van der Waals surface area contributed by atoms with Crippen LogP contribution in [-0.4, -0.2) is 64.4 Å². The van der Waals surface area contributed by atoms with Gasteiger partial charge in [0.15, 0.2) is 0 Å². The van der Waals surface area contributed by atoms with Crippen molar-refractivity contribution in [1.82, 2.24) is 9.80 Å². The summed E-state index contributed by atoms with van der Waals surface area (Å²) in [5, 5.41) is 2.70. The number of imide groups is 2. The van der Waals surface area contributed by atoms with Gasteiger partial charge in [-0.25, -0.2) is 0 Å². The molecule has 0 saturated carbocycles. The summed E-state index contributed by atoms with van der Waals surface area (Å²) in [4.78, 5) is 89.2. The fraction of sp³-hybridized carbons (Fsp3) is 0.136. The van der Waals surface area contributed by atoms with Gasteiger partial charge in [-0.1, -0.05) is 84.9 Å². The molecule has 0 saturated heterocycles. The second kappa shape index (κ2) is 12.6. The summed E-state index contributed by atoms with van der Waals surface area (Å²) >= 11 is 0. The van der Waals surface area contributed by atoms with E-state index < -0.39 is 60.6 Å². The molecule has 10 nitrogen and oxygen atoms in total. The Hall–Kier alpha value is -6.94. The Morgan fingerprint density at radius 3 is 1.56 bits per heavy atom. The molecule has 0 aromatic heterocycles. The monoisotopic (exact) mass is 712 g/mol. The van der Waals surface area contributed by atoms with E-state index in [1.54, 1.807) is 82.6 Å². The number of fused-ring (bicyclic) bond motifs is 1. The number of nitrogens with zero attached hydrogens (tertiary/aromatic N) is 4. The lowest BCUT2D eigenvalue weighted by Gasteiger charge is -2.44. The van der Waals surface area contributed by atoms with Crippen molar-refractivity contribution in [3.8, 4) is 0 Å². The predicted octanol–water partition coefficient (Wildman–Crippen LogP) is 6.78. The molecular weight excluding hydrogens is 681 g/mol. The fourth-order valence-electron chi connectivity index (χ4n) is 8.36. The molecule has 54 heavy (non-hydrogen) atoms. The lowest BCUT2D eigenvalue weighted by molar-refractivity contribution is -0.119. The number of rotatable bonds is 6. The molecule has 3 heterocycles. The van der Waals surface area contributed by atoms with Gasteiger partial charge in [0.05, 0.1) is 6.04 Å². The third kappa shape index (κ3) is 5.02. The van der Waals surface area contributed by atoms with Gasteiger partial charge >= 0.3 is 0 Å². The van der Waals surface area contributed by atoms with E-state index >= 15 is 0 Å². The molecule has 0 fully saturated rings. The van der Waals surface area contributed by atoms with Gasteiger partial charge in [0, 0.05) is 50.4 Å². The number of carbonyl (C=O) groups is 6. The van der Waals surface area contributed by atoms with Crippen molar-refractivity contribution in [2.45, 2.75) is 25.4 Å². The van der Waals surface area contributed by atoms with Gasteiger partial charge in [0.25, 0.3) is 23.6 Å². The van der Waals surface area contributed by atoms with Gasteiger partial charge < -0.3 is 9.80 Å². The van der Waals surface area contributed by atoms with E-state index in [2.05, 4.69) is 0 Å². The maximum absolute atomic E-state index is 14.6. The molecule has 6 amide bonds. The van der Waals surface area contributed by atoms with Crippen LogP contribution in [-0.2, 0) is 9.59 Å². The second-order valence-corrected chi connectivity index (χ2v) is 13.8. The minimum atomic E-state index is -0.594. The highest BCUT2D eigenvalue weighted by molar-refractivity contribution is 6.27. The van der Waals surface area contributed by atoms with Crippen molar-refractivity contribution in [1.29, 1.82) is 0 Å². The van der Waals surface area contributed by atoms with Crippen LogP contribution in [0.1, 0.15) is 66.4 Å². The summed E-state index contributed by atoms with van der Waals surface area (Å²) in [7, 11) is 0. The van der Waals surface area contributed by atoms with E-state index in [0.717, 1.165) is 20.6 Å². The van der Waals surface area contributed by atoms with Crippen LogP contribution >= 0.6 is 0 Å². The highest BCUT2D eigenvalue weighted by atomic mass is 16.2. The molecule has 0 bridgehead atoms. The molecule has 0 radical (unpaired) electrons. The molecule has 0 spiro atoms. The van der Waals surface area contributed by atoms with Crippen LogP contribution in [0.25, 0.3) is 21.5 Å². The van der Waals surface area contributed by atoms with Crippen molar-refractivity contribution < 1.29 is 28.8 Å². The third-order valence-corrected chi connectivity index (χ3v) is 10.7. The Morgan fingerprint density at radius 2 is 1.04 bits per heavy atom. The van der Waals surface area contributed by atoms with Gasteiger partial charge in [-0.05, 0) is 72.1 Å². The fourth-order valence-corrected chi connectivity index (χ4v) is 8.36. The van der Waals surface area contributed by atoms with Crippen molar-refractivity contribution in [3.05, 3.63) is 155 Å². The molecule has 2 unspecified atom stereocenters. The number of carbonyl (C=O) groups excluding carboxylic acids is 6. The Bertz CT molecular complexity index is 2520. The summed E-state index contributed by atoms with van der Waals surface area (Å²) in [6.07, 6.45) is 0.289. The van der Waals surface area contributed by atoms with Crippen LogP contribution < -0.4 is 9.80 Å². The number of benzene rings is 6. The van der Waals surface area contributed by atoms with Crippen molar-refractivity contribution in [2.24, 2.45) is 0 Å². The van der Waals surface area contributed by atoms with E-state index in [1.807, 2.05) is 61.5 Å². The first-order valence-corrected chi connectivity index (χ1v) is 17.8. The zero-order valence-corrected chi connectivity index (χ0v) is 29.1. The molecule has 10 heteroatoms. The van der Waals surface area contributed by atoms with Gasteiger partial charge in [0.2, 0.25) is 11.8 Å². The Kier molecular flexibility index (Phi) is 7.70. The zero-order chi connectivity index (χ0) is 37.2. The molecule has 2 atom stereocenters. The summed E-state index contributed by atoms with van der Waals surface area (Å²) < 4.78 is 0. The number of anilines is 2. The molecule has 9 rings (SSSR count). The first-order valence-electron chi connectivity index (χ1n) is 17.8. The van der Waals surface area contributed by atoms with E-state index in [-0.39, 0.29) is 6.42 Å². The topological polar surface area (TPSA) is 115 Å². The van der Waals surface area contributed by atoms with Crippen LogP contribution in [0.3, 0.4) is 0 Å². The molecule has 6 aromatic rings. The Balaban J connectivity index is 1.04. The van der Waals surface area contributed by atoms with Crippen LogP contribution in [0.15, 0.2) is 127 Å². The van der Waals surface area contributed by atoms with Gasteiger partial charge in [-0.2, -0.15) is 0 Å². The van der Waals surface area contributed by atoms with E-state index in [9.17, 15) is 28.8 Å². The van der Waals surface area contributed by atoms with E-state index in [1.165, 1.54) is 0 Å². The van der Waals surface area contributed by atoms with Crippen molar-refractivity contribution >= 4 is 68.4 Å². The first-order chi connectivity index (χ1) is 26.2. The highest BCUT2D eigenvalue weighted by Crippen LogP contribution is 2.43. The number of hydrogen-bond donors (Lipinski definition) is 0. The molecule has 0 aliphatic carbocycles.